The van der Waals surface area contributed by atoms with Crippen LogP contribution in [0.2, 0.25) is 0 Å². The first-order valence-corrected chi connectivity index (χ1v) is 9.84. The summed E-state index contributed by atoms with van der Waals surface area (Å²) >= 11 is 0. The van der Waals surface area contributed by atoms with Gasteiger partial charge < -0.3 is 9.80 Å². The summed E-state index contributed by atoms with van der Waals surface area (Å²) in [6, 6.07) is 24.1. The first-order chi connectivity index (χ1) is 14.0. The topological polar surface area (TPSA) is 40.6 Å². The number of rotatable bonds is 4. The fourth-order valence-corrected chi connectivity index (χ4v) is 3.97. The molecule has 29 heavy (non-hydrogen) atoms. The van der Waals surface area contributed by atoms with Crippen LogP contribution in [0.15, 0.2) is 72.8 Å². The molecule has 2 amide bonds. The van der Waals surface area contributed by atoms with E-state index in [1.165, 1.54) is 0 Å². The van der Waals surface area contributed by atoms with E-state index in [0.717, 1.165) is 34.4 Å². The van der Waals surface area contributed by atoms with E-state index < -0.39 is 0 Å². The molecule has 0 saturated heterocycles. The molecule has 3 aromatic rings. The molecule has 0 fully saturated rings. The smallest absolute Gasteiger partial charge is 0.253 e. The van der Waals surface area contributed by atoms with E-state index in [4.69, 9.17) is 0 Å². The normalized spacial score (nSPS) is 12.6. The van der Waals surface area contributed by atoms with E-state index in [1.807, 2.05) is 55.6 Å². The summed E-state index contributed by atoms with van der Waals surface area (Å²) in [7, 11) is 1.83. The van der Waals surface area contributed by atoms with Crippen LogP contribution in [-0.2, 0) is 17.8 Å². The van der Waals surface area contributed by atoms with Crippen LogP contribution in [0.1, 0.15) is 28.4 Å². The van der Waals surface area contributed by atoms with Gasteiger partial charge in [0, 0.05) is 38.3 Å². The van der Waals surface area contributed by atoms with Gasteiger partial charge in [0.05, 0.1) is 0 Å². The summed E-state index contributed by atoms with van der Waals surface area (Å²) in [5.41, 5.74) is 6.03. The number of carbonyl (C=O) groups excluding carboxylic acids is 2. The lowest BCUT2D eigenvalue weighted by atomic mass is 9.99. The van der Waals surface area contributed by atoms with Crippen LogP contribution in [0.25, 0.3) is 11.1 Å². The van der Waals surface area contributed by atoms with Crippen molar-refractivity contribution >= 4 is 17.5 Å². The van der Waals surface area contributed by atoms with E-state index in [0.29, 0.717) is 18.7 Å². The van der Waals surface area contributed by atoms with Gasteiger partial charge in [-0.2, -0.15) is 0 Å². The second-order valence-corrected chi connectivity index (χ2v) is 7.45. The average Bonchev–Trinajstić information content (AvgIpc) is 3.18. The molecule has 0 aromatic heterocycles. The molecular weight excluding hydrogens is 360 g/mol. The van der Waals surface area contributed by atoms with Crippen LogP contribution in [0.5, 0.6) is 0 Å². The third-order valence-corrected chi connectivity index (χ3v) is 5.46. The highest BCUT2D eigenvalue weighted by molar-refractivity contribution is 5.97. The van der Waals surface area contributed by atoms with Crippen molar-refractivity contribution in [3.63, 3.8) is 0 Å². The molecule has 0 spiro atoms. The summed E-state index contributed by atoms with van der Waals surface area (Å²) in [5.74, 6) is 0.0226. The third-order valence-electron chi connectivity index (χ3n) is 5.46. The molecule has 0 saturated carbocycles. The van der Waals surface area contributed by atoms with Gasteiger partial charge in [0.2, 0.25) is 5.91 Å². The molecule has 4 heteroatoms. The highest BCUT2D eigenvalue weighted by Crippen LogP contribution is 2.30. The van der Waals surface area contributed by atoms with Gasteiger partial charge in [0.25, 0.3) is 5.91 Å². The summed E-state index contributed by atoms with van der Waals surface area (Å²) in [4.78, 5) is 28.3. The molecule has 146 valence electrons. The standard InChI is InChI=1S/C25H24N2O2/c1-18(28)27-15-14-20-16-21(12-13-24(20)27)25(29)26(2)17-22-10-6-7-11-23(22)19-8-4-3-5-9-19/h3-13,16H,14-15,17H2,1-2H3. The fraction of sp³-hybridized carbons (Fsp3) is 0.200. The van der Waals surface area contributed by atoms with Gasteiger partial charge in [0.15, 0.2) is 0 Å². The minimum atomic E-state index is -0.0167. The second kappa shape index (κ2) is 7.92. The minimum Gasteiger partial charge on any atom is -0.337 e. The number of hydrogen-bond donors (Lipinski definition) is 0. The zero-order chi connectivity index (χ0) is 20.4. The summed E-state index contributed by atoms with van der Waals surface area (Å²) in [6.07, 6.45) is 0.788. The highest BCUT2D eigenvalue weighted by atomic mass is 16.2. The second-order valence-electron chi connectivity index (χ2n) is 7.45. The monoisotopic (exact) mass is 384 g/mol. The number of hydrogen-bond acceptors (Lipinski definition) is 2. The van der Waals surface area contributed by atoms with E-state index in [-0.39, 0.29) is 11.8 Å². The molecule has 4 nitrogen and oxygen atoms in total. The zero-order valence-electron chi connectivity index (χ0n) is 16.8. The Morgan fingerprint density at radius 1 is 0.966 bits per heavy atom. The Morgan fingerprint density at radius 2 is 1.69 bits per heavy atom. The predicted octanol–water partition coefficient (Wildman–Crippen LogP) is 4.53. The molecule has 0 bridgehead atoms. The number of benzene rings is 3. The van der Waals surface area contributed by atoms with Crippen molar-refractivity contribution < 1.29 is 9.59 Å². The lowest BCUT2D eigenvalue weighted by Gasteiger charge is -2.20. The summed E-state index contributed by atoms with van der Waals surface area (Å²) in [5, 5.41) is 0. The Hall–Kier alpha value is -3.40. The fourth-order valence-electron chi connectivity index (χ4n) is 3.97. The lowest BCUT2D eigenvalue weighted by molar-refractivity contribution is -0.116. The molecule has 0 unspecified atom stereocenters. The van der Waals surface area contributed by atoms with Crippen LogP contribution in [-0.4, -0.2) is 30.3 Å². The first-order valence-electron chi connectivity index (χ1n) is 9.84. The number of anilines is 1. The van der Waals surface area contributed by atoms with Crippen molar-refractivity contribution in [1.29, 1.82) is 0 Å². The minimum absolute atomic E-state index is 0.0167. The molecule has 1 aliphatic heterocycles. The predicted molar refractivity (Wildman–Crippen MR) is 116 cm³/mol. The maximum Gasteiger partial charge on any atom is 0.253 e. The Kier molecular flexibility index (Phi) is 5.17. The SMILES string of the molecule is CC(=O)N1CCc2cc(C(=O)N(C)Cc3ccccc3-c3ccccc3)ccc21. The number of fused-ring (bicyclic) bond motifs is 1. The maximum absolute atomic E-state index is 13.1. The summed E-state index contributed by atoms with van der Waals surface area (Å²) in [6.45, 7) is 2.79. The first kappa shape index (κ1) is 18.9. The van der Waals surface area contributed by atoms with Crippen molar-refractivity contribution in [1.82, 2.24) is 4.90 Å². The van der Waals surface area contributed by atoms with Crippen molar-refractivity contribution in [2.75, 3.05) is 18.5 Å². The quantitative estimate of drug-likeness (QED) is 0.663. The Morgan fingerprint density at radius 3 is 2.45 bits per heavy atom. The van der Waals surface area contributed by atoms with E-state index >= 15 is 0 Å². The molecule has 3 aromatic carbocycles. The van der Waals surface area contributed by atoms with Gasteiger partial charge in [-0.05, 0) is 46.9 Å². The molecular formula is C25H24N2O2. The van der Waals surface area contributed by atoms with Gasteiger partial charge in [-0.25, -0.2) is 0 Å². The largest absolute Gasteiger partial charge is 0.337 e. The number of carbonyl (C=O) groups is 2. The van der Waals surface area contributed by atoms with Crippen LogP contribution in [0.4, 0.5) is 5.69 Å². The van der Waals surface area contributed by atoms with Gasteiger partial charge in [-0.1, -0.05) is 54.6 Å². The number of amides is 2. The lowest BCUT2D eigenvalue weighted by Crippen LogP contribution is -2.27. The Bertz CT molecular complexity index is 1060. The van der Waals surface area contributed by atoms with Gasteiger partial charge in [-0.15, -0.1) is 0 Å². The molecule has 4 rings (SSSR count). The van der Waals surface area contributed by atoms with Gasteiger partial charge >= 0.3 is 0 Å². The third kappa shape index (κ3) is 3.79. The molecule has 0 atom stereocenters. The van der Waals surface area contributed by atoms with Crippen LogP contribution >= 0.6 is 0 Å². The molecule has 0 N–H and O–H groups in total. The number of nitrogens with zero attached hydrogens (tertiary/aromatic N) is 2. The van der Waals surface area contributed by atoms with Crippen LogP contribution < -0.4 is 4.90 Å². The van der Waals surface area contributed by atoms with Gasteiger partial charge in [0.1, 0.15) is 0 Å². The van der Waals surface area contributed by atoms with Gasteiger partial charge in [-0.3, -0.25) is 9.59 Å². The Balaban J connectivity index is 1.55. The van der Waals surface area contributed by atoms with E-state index in [2.05, 4.69) is 24.3 Å². The zero-order valence-corrected chi connectivity index (χ0v) is 16.8. The van der Waals surface area contributed by atoms with Crippen molar-refractivity contribution in [3.05, 3.63) is 89.5 Å². The van der Waals surface area contributed by atoms with Crippen LogP contribution in [0.3, 0.4) is 0 Å². The molecule has 1 aliphatic rings. The van der Waals surface area contributed by atoms with Crippen LogP contribution in [0, 0.1) is 0 Å². The molecule has 0 radical (unpaired) electrons. The average molecular weight is 384 g/mol. The summed E-state index contributed by atoms with van der Waals surface area (Å²) < 4.78 is 0. The van der Waals surface area contributed by atoms with Crippen molar-refractivity contribution in [2.24, 2.45) is 0 Å². The Labute approximate surface area is 171 Å². The molecule has 0 aliphatic carbocycles. The maximum atomic E-state index is 13.1. The van der Waals surface area contributed by atoms with Crippen molar-refractivity contribution in [3.8, 4) is 11.1 Å². The van der Waals surface area contributed by atoms with E-state index in [9.17, 15) is 9.59 Å². The van der Waals surface area contributed by atoms with Crippen molar-refractivity contribution in [2.45, 2.75) is 19.9 Å². The molecule has 1 heterocycles. The van der Waals surface area contributed by atoms with E-state index in [1.54, 1.807) is 16.7 Å². The highest BCUT2D eigenvalue weighted by Gasteiger charge is 2.24.